The summed E-state index contributed by atoms with van der Waals surface area (Å²) in [6.07, 6.45) is -4.46. The molecular weight excluding hydrogens is 295 g/mol. The zero-order valence-electron chi connectivity index (χ0n) is 11.4. The Balaban J connectivity index is 2.02. The van der Waals surface area contributed by atoms with Crippen LogP contribution >= 0.6 is 0 Å². The molecule has 0 saturated carbocycles. The number of ether oxygens (including phenoxy) is 1. The maximum Gasteiger partial charge on any atom is 0.416 e. The maximum atomic E-state index is 12.9. The zero-order valence-corrected chi connectivity index (χ0v) is 11.4. The second kappa shape index (κ2) is 5.36. The summed E-state index contributed by atoms with van der Waals surface area (Å²) in [4.78, 5) is 13.8. The zero-order chi connectivity index (χ0) is 15.7. The van der Waals surface area contributed by atoms with Crippen LogP contribution in [-0.4, -0.2) is 19.1 Å². The fraction of sp³-hybridized carbons (Fsp3) is 0.188. The molecular formula is C16H12F3NO2. The Hall–Kier alpha value is -2.50. The normalized spacial score (nSPS) is 14.2. The average Bonchev–Trinajstić information content (AvgIpc) is 2.53. The fourth-order valence-electron chi connectivity index (χ4n) is 2.34. The van der Waals surface area contributed by atoms with E-state index in [0.29, 0.717) is 5.56 Å². The summed E-state index contributed by atoms with van der Waals surface area (Å²) < 4.78 is 43.9. The minimum atomic E-state index is -4.46. The van der Waals surface area contributed by atoms with Crippen LogP contribution in [0.5, 0.6) is 5.75 Å². The number of hydrogen-bond acceptors (Lipinski definition) is 2. The molecule has 0 spiro atoms. The lowest BCUT2D eigenvalue weighted by Gasteiger charge is -2.30. The molecule has 3 rings (SSSR count). The van der Waals surface area contributed by atoms with Gasteiger partial charge in [-0.05, 0) is 30.3 Å². The van der Waals surface area contributed by atoms with Gasteiger partial charge in [0.15, 0.2) is 0 Å². The topological polar surface area (TPSA) is 29.5 Å². The molecule has 1 amide bonds. The van der Waals surface area contributed by atoms with Crippen molar-refractivity contribution in [3.63, 3.8) is 0 Å². The van der Waals surface area contributed by atoms with Gasteiger partial charge in [-0.25, -0.2) is 0 Å². The van der Waals surface area contributed by atoms with Crippen LogP contribution in [0.1, 0.15) is 15.9 Å². The minimum Gasteiger partial charge on any atom is -0.490 e. The minimum absolute atomic E-state index is 0.148. The number of alkyl halides is 3. The molecule has 6 heteroatoms. The second-order valence-electron chi connectivity index (χ2n) is 4.85. The van der Waals surface area contributed by atoms with Gasteiger partial charge >= 0.3 is 6.18 Å². The van der Waals surface area contributed by atoms with E-state index in [-0.39, 0.29) is 30.5 Å². The molecule has 2 aromatic carbocycles. The molecule has 2 aromatic rings. The van der Waals surface area contributed by atoms with Gasteiger partial charge in [0, 0.05) is 5.56 Å². The van der Waals surface area contributed by atoms with E-state index in [1.807, 2.05) is 0 Å². The van der Waals surface area contributed by atoms with Crippen LogP contribution in [0, 0.1) is 0 Å². The van der Waals surface area contributed by atoms with E-state index >= 15 is 0 Å². The van der Waals surface area contributed by atoms with Gasteiger partial charge in [-0.3, -0.25) is 4.79 Å². The van der Waals surface area contributed by atoms with Gasteiger partial charge in [-0.1, -0.05) is 18.2 Å². The number of fused-ring (bicyclic) bond motifs is 1. The first-order valence-electron chi connectivity index (χ1n) is 6.68. The molecule has 0 aromatic heterocycles. The number of hydrogen-bond donors (Lipinski definition) is 0. The smallest absolute Gasteiger partial charge is 0.416 e. The monoisotopic (exact) mass is 307 g/mol. The maximum absolute atomic E-state index is 12.9. The van der Waals surface area contributed by atoms with Crippen LogP contribution in [0.15, 0.2) is 48.5 Å². The third-order valence-electron chi connectivity index (χ3n) is 3.42. The lowest BCUT2D eigenvalue weighted by molar-refractivity contribution is -0.137. The van der Waals surface area contributed by atoms with E-state index in [1.165, 1.54) is 11.0 Å². The Morgan fingerprint density at radius 2 is 1.82 bits per heavy atom. The van der Waals surface area contributed by atoms with Crippen molar-refractivity contribution in [3.05, 3.63) is 59.7 Å². The third kappa shape index (κ3) is 2.64. The van der Waals surface area contributed by atoms with Gasteiger partial charge in [-0.2, -0.15) is 13.2 Å². The van der Waals surface area contributed by atoms with Crippen LogP contribution in [-0.2, 0) is 6.18 Å². The van der Waals surface area contributed by atoms with Gasteiger partial charge in [0.1, 0.15) is 12.4 Å². The Labute approximate surface area is 124 Å². The Bertz CT molecular complexity index is 698. The number of anilines is 1. The predicted molar refractivity (Wildman–Crippen MR) is 75.1 cm³/mol. The molecule has 0 aliphatic carbocycles. The number of carbonyl (C=O) groups excluding carboxylic acids is 1. The van der Waals surface area contributed by atoms with E-state index in [2.05, 4.69) is 0 Å². The average molecular weight is 307 g/mol. The highest BCUT2D eigenvalue weighted by molar-refractivity contribution is 6.07. The van der Waals surface area contributed by atoms with Crippen molar-refractivity contribution in [2.75, 3.05) is 18.1 Å². The number of benzene rings is 2. The van der Waals surface area contributed by atoms with Crippen molar-refractivity contribution < 1.29 is 22.7 Å². The molecule has 0 atom stereocenters. The van der Waals surface area contributed by atoms with E-state index in [4.69, 9.17) is 4.74 Å². The van der Waals surface area contributed by atoms with Crippen molar-refractivity contribution in [2.24, 2.45) is 0 Å². The lowest BCUT2D eigenvalue weighted by Crippen LogP contribution is -2.38. The summed E-state index contributed by atoms with van der Waals surface area (Å²) in [6.45, 7) is 0.457. The Kier molecular flexibility index (Phi) is 3.52. The first kappa shape index (κ1) is 14.4. The van der Waals surface area contributed by atoms with Crippen molar-refractivity contribution in [1.82, 2.24) is 0 Å². The van der Waals surface area contributed by atoms with Gasteiger partial charge in [0.25, 0.3) is 5.91 Å². The number of amides is 1. The SMILES string of the molecule is O=C(c1ccccc1)N1CCOc2ccc(C(F)(F)F)cc21. The Morgan fingerprint density at radius 1 is 1.09 bits per heavy atom. The van der Waals surface area contributed by atoms with E-state index in [9.17, 15) is 18.0 Å². The molecule has 1 heterocycles. The van der Waals surface area contributed by atoms with Crippen molar-refractivity contribution in [3.8, 4) is 5.75 Å². The van der Waals surface area contributed by atoms with Crippen LogP contribution in [0.25, 0.3) is 0 Å². The summed E-state index contributed by atoms with van der Waals surface area (Å²) in [5.41, 5.74) is -0.231. The number of halogens is 3. The first-order chi connectivity index (χ1) is 10.5. The van der Waals surface area contributed by atoms with E-state index in [0.717, 1.165) is 12.1 Å². The summed E-state index contributed by atoms with van der Waals surface area (Å²) in [6, 6.07) is 11.6. The molecule has 22 heavy (non-hydrogen) atoms. The molecule has 0 saturated heterocycles. The molecule has 1 aliphatic heterocycles. The number of nitrogens with zero attached hydrogens (tertiary/aromatic N) is 1. The van der Waals surface area contributed by atoms with Crippen LogP contribution in [0.3, 0.4) is 0 Å². The molecule has 114 valence electrons. The van der Waals surface area contributed by atoms with Gasteiger partial charge < -0.3 is 9.64 Å². The number of rotatable bonds is 1. The predicted octanol–water partition coefficient (Wildman–Crippen LogP) is 3.74. The van der Waals surface area contributed by atoms with Gasteiger partial charge in [0.2, 0.25) is 0 Å². The molecule has 0 radical (unpaired) electrons. The third-order valence-corrected chi connectivity index (χ3v) is 3.42. The van der Waals surface area contributed by atoms with E-state index < -0.39 is 11.7 Å². The summed E-state index contributed by atoms with van der Waals surface area (Å²) in [5.74, 6) is -0.0620. The van der Waals surface area contributed by atoms with Crippen molar-refractivity contribution in [2.45, 2.75) is 6.18 Å². The molecule has 0 fully saturated rings. The highest BCUT2D eigenvalue weighted by Gasteiger charge is 2.33. The van der Waals surface area contributed by atoms with Gasteiger partial charge in [-0.15, -0.1) is 0 Å². The fourth-order valence-corrected chi connectivity index (χ4v) is 2.34. The summed E-state index contributed by atoms with van der Waals surface area (Å²) in [5, 5.41) is 0. The molecule has 0 unspecified atom stereocenters. The van der Waals surface area contributed by atoms with Crippen LogP contribution in [0.2, 0.25) is 0 Å². The quantitative estimate of drug-likeness (QED) is 0.803. The Morgan fingerprint density at radius 3 is 2.50 bits per heavy atom. The molecule has 0 bridgehead atoms. The lowest BCUT2D eigenvalue weighted by atomic mass is 10.1. The summed E-state index contributed by atoms with van der Waals surface area (Å²) in [7, 11) is 0. The first-order valence-corrected chi connectivity index (χ1v) is 6.68. The van der Waals surface area contributed by atoms with Gasteiger partial charge in [0.05, 0.1) is 17.8 Å². The summed E-state index contributed by atoms with van der Waals surface area (Å²) >= 11 is 0. The highest BCUT2D eigenvalue weighted by atomic mass is 19.4. The van der Waals surface area contributed by atoms with Crippen LogP contribution in [0.4, 0.5) is 18.9 Å². The molecule has 3 nitrogen and oxygen atoms in total. The standard InChI is InChI=1S/C16H12F3NO2/c17-16(18,19)12-6-7-14-13(10-12)20(8-9-22-14)15(21)11-4-2-1-3-5-11/h1-7,10H,8-9H2. The second-order valence-corrected chi connectivity index (χ2v) is 4.85. The van der Waals surface area contributed by atoms with Crippen molar-refractivity contribution >= 4 is 11.6 Å². The largest absolute Gasteiger partial charge is 0.490 e. The molecule has 0 N–H and O–H groups in total. The highest BCUT2D eigenvalue weighted by Crippen LogP contribution is 2.38. The van der Waals surface area contributed by atoms with Crippen molar-refractivity contribution in [1.29, 1.82) is 0 Å². The molecule has 1 aliphatic rings. The van der Waals surface area contributed by atoms with Crippen LogP contribution < -0.4 is 9.64 Å². The van der Waals surface area contributed by atoms with E-state index in [1.54, 1.807) is 30.3 Å². The number of carbonyl (C=O) groups is 1.